The van der Waals surface area contributed by atoms with Crippen molar-refractivity contribution >= 4 is 0 Å². The second-order valence-corrected chi connectivity index (χ2v) is 7.32. The van der Waals surface area contributed by atoms with E-state index in [4.69, 9.17) is 10.3 Å². The fourth-order valence-electron chi connectivity index (χ4n) is 3.90. The van der Waals surface area contributed by atoms with Gasteiger partial charge in [0.15, 0.2) is 5.82 Å². The molecule has 5 heteroatoms. The Morgan fingerprint density at radius 2 is 1.71 bits per heavy atom. The Kier molecular flexibility index (Phi) is 4.37. The molecule has 1 saturated carbocycles. The van der Waals surface area contributed by atoms with Crippen LogP contribution in [0.1, 0.15) is 56.3 Å². The summed E-state index contributed by atoms with van der Waals surface area (Å²) in [6.07, 6.45) is 8.20. The maximum atomic E-state index is 6.41. The fraction of sp³-hybridized carbons (Fsp3) is 0.579. The summed E-state index contributed by atoms with van der Waals surface area (Å²) in [6, 6.07) is 8.49. The van der Waals surface area contributed by atoms with Gasteiger partial charge in [-0.1, -0.05) is 36.6 Å². The molecule has 128 valence electrons. The van der Waals surface area contributed by atoms with E-state index in [-0.39, 0.29) is 0 Å². The predicted octanol–water partition coefficient (Wildman–Crippen LogP) is 3.45. The van der Waals surface area contributed by atoms with E-state index in [0.29, 0.717) is 11.7 Å². The Bertz CT molecular complexity index is 667. The van der Waals surface area contributed by atoms with Gasteiger partial charge in [-0.2, -0.15) is 4.98 Å². The number of hydrogen-bond donors (Lipinski definition) is 1. The third-order valence-electron chi connectivity index (χ3n) is 5.42. The molecule has 0 spiro atoms. The summed E-state index contributed by atoms with van der Waals surface area (Å²) < 4.78 is 5.47. The van der Waals surface area contributed by atoms with Crippen LogP contribution in [0.5, 0.6) is 0 Å². The lowest BCUT2D eigenvalue weighted by atomic mass is 9.98. The van der Waals surface area contributed by atoms with E-state index in [0.717, 1.165) is 37.8 Å². The maximum absolute atomic E-state index is 6.41. The standard InChI is InChI=1S/C19H26N4O/c20-19(10-2-3-11-19)18-21-17(24-22-18)16-8-6-15(7-9-16)14-23-12-4-1-5-13-23/h6-9H,1-5,10-14,20H2. The number of piperidine rings is 1. The summed E-state index contributed by atoms with van der Waals surface area (Å²) in [5, 5.41) is 4.14. The smallest absolute Gasteiger partial charge is 0.257 e. The van der Waals surface area contributed by atoms with Gasteiger partial charge in [0.25, 0.3) is 5.89 Å². The Morgan fingerprint density at radius 1 is 1.00 bits per heavy atom. The van der Waals surface area contributed by atoms with Gasteiger partial charge < -0.3 is 10.3 Å². The molecule has 0 bridgehead atoms. The lowest BCUT2D eigenvalue weighted by Crippen LogP contribution is -2.34. The van der Waals surface area contributed by atoms with E-state index >= 15 is 0 Å². The van der Waals surface area contributed by atoms with Crippen LogP contribution in [0.3, 0.4) is 0 Å². The number of nitrogens with zero attached hydrogens (tertiary/aromatic N) is 3. The molecule has 1 aromatic heterocycles. The van der Waals surface area contributed by atoms with Crippen LogP contribution in [0.4, 0.5) is 0 Å². The minimum Gasteiger partial charge on any atom is -0.334 e. The molecular weight excluding hydrogens is 300 g/mol. The Hall–Kier alpha value is -1.72. The van der Waals surface area contributed by atoms with Crippen molar-refractivity contribution in [1.82, 2.24) is 15.0 Å². The highest BCUT2D eigenvalue weighted by atomic mass is 16.5. The summed E-state index contributed by atoms with van der Waals surface area (Å²) in [7, 11) is 0. The van der Waals surface area contributed by atoms with Crippen molar-refractivity contribution in [1.29, 1.82) is 0 Å². The summed E-state index contributed by atoms with van der Waals surface area (Å²) in [4.78, 5) is 7.10. The van der Waals surface area contributed by atoms with Crippen LogP contribution >= 0.6 is 0 Å². The maximum Gasteiger partial charge on any atom is 0.257 e. The van der Waals surface area contributed by atoms with E-state index in [1.54, 1.807) is 0 Å². The molecule has 0 unspecified atom stereocenters. The molecule has 2 aliphatic rings. The zero-order chi connectivity index (χ0) is 16.4. The molecule has 2 N–H and O–H groups in total. The summed E-state index contributed by atoms with van der Waals surface area (Å²) in [5.74, 6) is 1.23. The Morgan fingerprint density at radius 3 is 2.42 bits per heavy atom. The molecular formula is C19H26N4O. The largest absolute Gasteiger partial charge is 0.334 e. The van der Waals surface area contributed by atoms with Gasteiger partial charge in [0.1, 0.15) is 0 Å². The van der Waals surface area contributed by atoms with Crippen LogP contribution in [-0.2, 0) is 12.1 Å². The summed E-state index contributed by atoms with van der Waals surface area (Å²) >= 11 is 0. The zero-order valence-corrected chi connectivity index (χ0v) is 14.2. The first-order chi connectivity index (χ1) is 11.7. The molecule has 4 rings (SSSR count). The molecule has 1 aliphatic carbocycles. The first-order valence-corrected chi connectivity index (χ1v) is 9.18. The highest BCUT2D eigenvalue weighted by Gasteiger charge is 2.36. The number of likely N-dealkylation sites (tertiary alicyclic amines) is 1. The lowest BCUT2D eigenvalue weighted by Gasteiger charge is -2.26. The number of nitrogens with two attached hydrogens (primary N) is 1. The van der Waals surface area contributed by atoms with Crippen molar-refractivity contribution in [3.8, 4) is 11.5 Å². The third-order valence-corrected chi connectivity index (χ3v) is 5.42. The van der Waals surface area contributed by atoms with Gasteiger partial charge in [-0.05, 0) is 56.5 Å². The zero-order valence-electron chi connectivity index (χ0n) is 14.2. The topological polar surface area (TPSA) is 68.2 Å². The average Bonchev–Trinajstić information content (AvgIpc) is 3.27. The highest BCUT2D eigenvalue weighted by molar-refractivity contribution is 5.53. The van der Waals surface area contributed by atoms with Crippen LogP contribution in [0.25, 0.3) is 11.5 Å². The lowest BCUT2D eigenvalue weighted by molar-refractivity contribution is 0.221. The third kappa shape index (κ3) is 3.23. The van der Waals surface area contributed by atoms with Crippen molar-refractivity contribution in [2.45, 2.75) is 57.0 Å². The molecule has 2 aromatic rings. The molecule has 0 atom stereocenters. The molecule has 24 heavy (non-hydrogen) atoms. The van der Waals surface area contributed by atoms with Crippen LogP contribution in [0.2, 0.25) is 0 Å². The van der Waals surface area contributed by atoms with Gasteiger partial charge in [0.05, 0.1) is 5.54 Å². The molecule has 1 saturated heterocycles. The quantitative estimate of drug-likeness (QED) is 0.932. The number of benzene rings is 1. The number of rotatable bonds is 4. The van der Waals surface area contributed by atoms with Crippen molar-refractivity contribution in [2.75, 3.05) is 13.1 Å². The molecule has 5 nitrogen and oxygen atoms in total. The minimum absolute atomic E-state index is 0.393. The molecule has 2 heterocycles. The first kappa shape index (κ1) is 15.8. The Balaban J connectivity index is 1.46. The molecule has 0 radical (unpaired) electrons. The van der Waals surface area contributed by atoms with Crippen LogP contribution in [0, 0.1) is 0 Å². The van der Waals surface area contributed by atoms with Crippen LogP contribution in [0.15, 0.2) is 28.8 Å². The molecule has 0 amide bonds. The number of hydrogen-bond acceptors (Lipinski definition) is 5. The highest BCUT2D eigenvalue weighted by Crippen LogP contribution is 2.35. The van der Waals surface area contributed by atoms with Gasteiger partial charge >= 0.3 is 0 Å². The number of aromatic nitrogens is 2. The molecule has 1 aliphatic heterocycles. The second-order valence-electron chi connectivity index (χ2n) is 7.32. The van der Waals surface area contributed by atoms with E-state index in [1.807, 2.05) is 0 Å². The van der Waals surface area contributed by atoms with Crippen LogP contribution in [-0.4, -0.2) is 28.1 Å². The van der Waals surface area contributed by atoms with E-state index in [1.165, 1.54) is 37.9 Å². The van der Waals surface area contributed by atoms with Crippen molar-refractivity contribution in [3.63, 3.8) is 0 Å². The van der Waals surface area contributed by atoms with Gasteiger partial charge in [-0.3, -0.25) is 4.90 Å². The van der Waals surface area contributed by atoms with Crippen molar-refractivity contribution < 1.29 is 4.52 Å². The van der Waals surface area contributed by atoms with Gasteiger partial charge in [0.2, 0.25) is 0 Å². The van der Waals surface area contributed by atoms with E-state index in [9.17, 15) is 0 Å². The minimum atomic E-state index is -0.393. The Labute approximate surface area is 143 Å². The SMILES string of the molecule is NC1(c2noc(-c3ccc(CN4CCCCC4)cc3)n2)CCCC1. The van der Waals surface area contributed by atoms with E-state index < -0.39 is 5.54 Å². The van der Waals surface area contributed by atoms with Gasteiger partial charge in [-0.15, -0.1) is 0 Å². The average molecular weight is 326 g/mol. The fourth-order valence-corrected chi connectivity index (χ4v) is 3.90. The molecule has 2 fully saturated rings. The monoisotopic (exact) mass is 326 g/mol. The summed E-state index contributed by atoms with van der Waals surface area (Å²) in [6.45, 7) is 3.46. The first-order valence-electron chi connectivity index (χ1n) is 9.18. The van der Waals surface area contributed by atoms with E-state index in [2.05, 4.69) is 39.3 Å². The second kappa shape index (κ2) is 6.65. The van der Waals surface area contributed by atoms with Gasteiger partial charge in [0, 0.05) is 12.1 Å². The van der Waals surface area contributed by atoms with Crippen molar-refractivity contribution in [2.24, 2.45) is 5.73 Å². The van der Waals surface area contributed by atoms with Crippen molar-refractivity contribution in [3.05, 3.63) is 35.7 Å². The predicted molar refractivity (Wildman–Crippen MR) is 93.2 cm³/mol. The summed E-state index contributed by atoms with van der Waals surface area (Å²) in [5.41, 5.74) is 8.33. The molecule has 1 aromatic carbocycles. The van der Waals surface area contributed by atoms with Gasteiger partial charge in [-0.25, -0.2) is 0 Å². The normalized spacial score (nSPS) is 21.2. The van der Waals surface area contributed by atoms with Crippen LogP contribution < -0.4 is 5.73 Å².